The summed E-state index contributed by atoms with van der Waals surface area (Å²) < 4.78 is 16.4. The van der Waals surface area contributed by atoms with Gasteiger partial charge in [0.25, 0.3) is 0 Å². The van der Waals surface area contributed by atoms with Gasteiger partial charge >= 0.3 is 0 Å². The molecule has 6 nitrogen and oxygen atoms in total. The van der Waals surface area contributed by atoms with Crippen molar-refractivity contribution in [3.05, 3.63) is 18.2 Å². The number of nitrogens with two attached hydrogens (primary N) is 1. The summed E-state index contributed by atoms with van der Waals surface area (Å²) in [4.78, 5) is 7.05. The van der Waals surface area contributed by atoms with Crippen LogP contribution in [0.15, 0.2) is 23.2 Å². The molecule has 0 unspecified atom stereocenters. The highest BCUT2D eigenvalue weighted by Gasteiger charge is 2.21. The van der Waals surface area contributed by atoms with Gasteiger partial charge in [-0.3, -0.25) is 4.99 Å². The summed E-state index contributed by atoms with van der Waals surface area (Å²) in [6.45, 7) is 11.0. The third kappa shape index (κ3) is 6.41. The monoisotopic (exact) mass is 363 g/mol. The summed E-state index contributed by atoms with van der Waals surface area (Å²) >= 11 is 0. The van der Waals surface area contributed by atoms with Crippen molar-refractivity contribution in [2.75, 3.05) is 44.0 Å². The van der Waals surface area contributed by atoms with E-state index >= 15 is 0 Å². The molecule has 1 aromatic rings. The fourth-order valence-electron chi connectivity index (χ4n) is 3.12. The normalized spacial score (nSPS) is 16.7. The molecule has 0 bridgehead atoms. The maximum Gasteiger partial charge on any atom is 0.180 e. The summed E-state index contributed by atoms with van der Waals surface area (Å²) in [6.07, 6.45) is 1.99. The van der Waals surface area contributed by atoms with Crippen LogP contribution in [0.1, 0.15) is 40.5 Å². The number of anilines is 2. The Balaban J connectivity index is 1.90. The minimum Gasteiger partial charge on any atom is -0.491 e. The lowest BCUT2D eigenvalue weighted by atomic mass is 10.0. The number of nitrogens with zero attached hydrogens (tertiary/aromatic N) is 2. The smallest absolute Gasteiger partial charge is 0.180 e. The summed E-state index contributed by atoms with van der Waals surface area (Å²) in [5, 5.41) is 0. The summed E-state index contributed by atoms with van der Waals surface area (Å²) in [5.41, 5.74) is 7.85. The fourth-order valence-corrected chi connectivity index (χ4v) is 3.12. The molecule has 0 amide bonds. The molecule has 1 aliphatic heterocycles. The molecule has 2 N–H and O–H groups in total. The molecule has 26 heavy (non-hydrogen) atoms. The molecule has 0 saturated carbocycles. The Morgan fingerprint density at radius 2 is 1.92 bits per heavy atom. The highest BCUT2D eigenvalue weighted by Crippen LogP contribution is 2.30. The molecular formula is C20H33N3O3. The SMILES string of the molecule is COCCOc1ccc(N2CCC(N=C(C)OC(C)(C)C)CC2)c(N)c1. The molecular weight excluding hydrogens is 330 g/mol. The van der Waals surface area contributed by atoms with Crippen molar-refractivity contribution in [3.63, 3.8) is 0 Å². The average Bonchev–Trinajstić information content (AvgIpc) is 2.54. The van der Waals surface area contributed by atoms with Crippen LogP contribution in [0.2, 0.25) is 0 Å². The van der Waals surface area contributed by atoms with Crippen LogP contribution in [-0.4, -0.2) is 51.0 Å². The zero-order chi connectivity index (χ0) is 19.2. The van der Waals surface area contributed by atoms with Crippen LogP contribution in [0.4, 0.5) is 11.4 Å². The predicted octanol–water partition coefficient (Wildman–Crippen LogP) is 3.50. The standard InChI is InChI=1S/C20H33N3O3/c1-15(26-20(2,3)4)22-16-8-10-23(11-9-16)19-7-6-17(14-18(19)21)25-13-12-24-5/h6-7,14,16H,8-13,21H2,1-5H3. The van der Waals surface area contributed by atoms with Crippen molar-refractivity contribution >= 4 is 17.3 Å². The van der Waals surface area contributed by atoms with Crippen molar-refractivity contribution in [1.82, 2.24) is 0 Å². The first kappa shape index (κ1) is 20.4. The van der Waals surface area contributed by atoms with E-state index in [9.17, 15) is 0 Å². The van der Waals surface area contributed by atoms with Crippen LogP contribution in [0.25, 0.3) is 0 Å². The van der Waals surface area contributed by atoms with Crippen molar-refractivity contribution in [2.24, 2.45) is 4.99 Å². The lowest BCUT2D eigenvalue weighted by Gasteiger charge is -2.33. The van der Waals surface area contributed by atoms with Gasteiger partial charge in [0.15, 0.2) is 5.90 Å². The Labute approximate surface area is 157 Å². The highest BCUT2D eigenvalue weighted by molar-refractivity contribution is 5.74. The summed E-state index contributed by atoms with van der Waals surface area (Å²) in [6, 6.07) is 6.20. The van der Waals surface area contributed by atoms with Crippen LogP contribution in [-0.2, 0) is 9.47 Å². The second-order valence-electron chi connectivity index (χ2n) is 7.64. The Hall–Kier alpha value is -1.95. The lowest BCUT2D eigenvalue weighted by Crippen LogP contribution is -2.36. The van der Waals surface area contributed by atoms with E-state index in [-0.39, 0.29) is 5.60 Å². The zero-order valence-electron chi connectivity index (χ0n) is 16.7. The van der Waals surface area contributed by atoms with Gasteiger partial charge in [0.05, 0.1) is 24.0 Å². The molecule has 0 atom stereocenters. The quantitative estimate of drug-likeness (QED) is 0.363. The van der Waals surface area contributed by atoms with Crippen LogP contribution < -0.4 is 15.4 Å². The van der Waals surface area contributed by atoms with Crippen LogP contribution in [0.5, 0.6) is 5.75 Å². The Kier molecular flexibility index (Phi) is 7.14. The number of piperidine rings is 1. The molecule has 1 aromatic carbocycles. The molecule has 1 aliphatic rings. The van der Waals surface area contributed by atoms with E-state index in [1.807, 2.05) is 45.9 Å². The van der Waals surface area contributed by atoms with Gasteiger partial charge in [0.1, 0.15) is 18.0 Å². The van der Waals surface area contributed by atoms with Crippen molar-refractivity contribution in [1.29, 1.82) is 0 Å². The number of hydrogen-bond donors (Lipinski definition) is 1. The third-order valence-corrected chi connectivity index (χ3v) is 4.18. The molecule has 6 heteroatoms. The fraction of sp³-hybridized carbons (Fsp3) is 0.650. The molecule has 0 aromatic heterocycles. The van der Waals surface area contributed by atoms with Crippen LogP contribution in [0.3, 0.4) is 0 Å². The van der Waals surface area contributed by atoms with E-state index in [2.05, 4.69) is 4.90 Å². The summed E-state index contributed by atoms with van der Waals surface area (Å²) in [5.74, 6) is 1.55. The van der Waals surface area contributed by atoms with E-state index in [1.165, 1.54) is 0 Å². The number of nitrogen functional groups attached to an aromatic ring is 1. The number of benzene rings is 1. The van der Waals surface area contributed by atoms with Crippen molar-refractivity contribution < 1.29 is 14.2 Å². The first-order valence-electron chi connectivity index (χ1n) is 9.28. The van der Waals surface area contributed by atoms with E-state index in [4.69, 9.17) is 24.9 Å². The number of rotatable bonds is 6. The molecule has 2 rings (SSSR count). The number of aliphatic imine (C=N–C) groups is 1. The Morgan fingerprint density at radius 1 is 1.23 bits per heavy atom. The van der Waals surface area contributed by atoms with Gasteiger partial charge in [-0.2, -0.15) is 0 Å². The minimum absolute atomic E-state index is 0.199. The van der Waals surface area contributed by atoms with E-state index in [1.54, 1.807) is 7.11 Å². The highest BCUT2D eigenvalue weighted by atomic mass is 16.5. The average molecular weight is 364 g/mol. The lowest BCUT2D eigenvalue weighted by molar-refractivity contribution is 0.114. The van der Waals surface area contributed by atoms with Crippen molar-refractivity contribution in [3.8, 4) is 5.75 Å². The van der Waals surface area contributed by atoms with Gasteiger partial charge in [-0.25, -0.2) is 0 Å². The van der Waals surface area contributed by atoms with Gasteiger partial charge in [-0.05, 0) is 45.7 Å². The number of methoxy groups -OCH3 is 1. The van der Waals surface area contributed by atoms with Crippen molar-refractivity contribution in [2.45, 2.75) is 52.2 Å². The summed E-state index contributed by atoms with van der Waals surface area (Å²) in [7, 11) is 1.66. The zero-order valence-corrected chi connectivity index (χ0v) is 16.7. The Morgan fingerprint density at radius 3 is 2.50 bits per heavy atom. The maximum absolute atomic E-state index is 6.24. The maximum atomic E-state index is 6.24. The van der Waals surface area contributed by atoms with E-state index < -0.39 is 0 Å². The molecule has 0 aliphatic carbocycles. The number of ether oxygens (including phenoxy) is 3. The first-order chi connectivity index (χ1) is 12.3. The molecule has 0 radical (unpaired) electrons. The van der Waals surface area contributed by atoms with Gasteiger partial charge < -0.3 is 24.8 Å². The Bertz CT molecular complexity index is 603. The van der Waals surface area contributed by atoms with Gasteiger partial charge in [-0.1, -0.05) is 0 Å². The topological polar surface area (TPSA) is 69.3 Å². The second-order valence-corrected chi connectivity index (χ2v) is 7.64. The minimum atomic E-state index is -0.199. The first-order valence-corrected chi connectivity index (χ1v) is 9.28. The second kappa shape index (κ2) is 9.12. The van der Waals surface area contributed by atoms with Crippen LogP contribution in [0, 0.1) is 0 Å². The van der Waals surface area contributed by atoms with Gasteiger partial charge in [0.2, 0.25) is 0 Å². The van der Waals surface area contributed by atoms with Gasteiger partial charge in [0, 0.05) is 33.2 Å². The van der Waals surface area contributed by atoms with Crippen LogP contribution >= 0.6 is 0 Å². The number of hydrogen-bond acceptors (Lipinski definition) is 6. The molecule has 146 valence electrons. The van der Waals surface area contributed by atoms with Gasteiger partial charge in [-0.15, -0.1) is 0 Å². The molecule has 1 fully saturated rings. The third-order valence-electron chi connectivity index (χ3n) is 4.18. The predicted molar refractivity (Wildman–Crippen MR) is 107 cm³/mol. The van der Waals surface area contributed by atoms with E-state index in [0.717, 1.165) is 49.0 Å². The molecule has 1 heterocycles. The van der Waals surface area contributed by atoms with E-state index in [0.29, 0.717) is 19.3 Å². The largest absolute Gasteiger partial charge is 0.491 e. The molecule has 0 spiro atoms. The molecule has 1 saturated heterocycles.